The van der Waals surface area contributed by atoms with Crippen LogP contribution in [0.4, 0.5) is 4.79 Å². The molecule has 2 aromatic carbocycles. The summed E-state index contributed by atoms with van der Waals surface area (Å²) in [6.45, 7) is 7.16. The molecule has 1 atom stereocenters. The molecule has 1 aliphatic rings. The number of nitrogens with zero attached hydrogens (tertiary/aromatic N) is 2. The zero-order valence-corrected chi connectivity index (χ0v) is 18.6. The summed E-state index contributed by atoms with van der Waals surface area (Å²) in [5.74, 6) is 0. The van der Waals surface area contributed by atoms with Gasteiger partial charge < -0.3 is 9.64 Å². The Morgan fingerprint density at radius 1 is 1.10 bits per heavy atom. The van der Waals surface area contributed by atoms with E-state index < -0.39 is 5.60 Å². The molecule has 0 spiro atoms. The first-order valence-corrected chi connectivity index (χ1v) is 11.4. The van der Waals surface area contributed by atoms with Crippen LogP contribution in [0, 0.1) is 0 Å². The van der Waals surface area contributed by atoms with E-state index in [0.717, 1.165) is 46.4 Å². The molecule has 30 heavy (non-hydrogen) atoms. The number of rotatable bonds is 3. The fourth-order valence-corrected chi connectivity index (χ4v) is 5.01. The number of ether oxygens (including phenoxy) is 1. The fraction of sp³-hybridized carbons (Fsp3) is 0.360. The second-order valence-electron chi connectivity index (χ2n) is 8.71. The molecule has 0 radical (unpaired) electrons. The van der Waals surface area contributed by atoms with Gasteiger partial charge in [0.2, 0.25) is 0 Å². The Kier molecular flexibility index (Phi) is 6.00. The minimum absolute atomic E-state index is 0.220. The maximum absolute atomic E-state index is 12.6. The summed E-state index contributed by atoms with van der Waals surface area (Å²) in [6.07, 6.45) is 1.82. The van der Waals surface area contributed by atoms with Crippen LogP contribution in [0.3, 0.4) is 0 Å². The predicted octanol–water partition coefficient (Wildman–Crippen LogP) is 6.39. The van der Waals surface area contributed by atoms with Crippen LogP contribution in [0.5, 0.6) is 0 Å². The Morgan fingerprint density at radius 3 is 2.60 bits per heavy atom. The first kappa shape index (κ1) is 20.7. The topological polar surface area (TPSA) is 42.4 Å². The summed E-state index contributed by atoms with van der Waals surface area (Å²) in [5, 5.41) is 2.46. The number of likely N-dealkylation sites (tertiary alicyclic amines) is 1. The average molecular weight is 421 g/mol. The highest BCUT2D eigenvalue weighted by Gasteiger charge is 2.29. The molecule has 1 fully saturated rings. The second kappa shape index (κ2) is 8.68. The number of carbonyl (C=O) groups excluding carboxylic acids is 1. The van der Waals surface area contributed by atoms with Crippen molar-refractivity contribution in [3.05, 3.63) is 60.7 Å². The first-order chi connectivity index (χ1) is 14.4. The van der Waals surface area contributed by atoms with Crippen LogP contribution in [0.2, 0.25) is 0 Å². The summed E-state index contributed by atoms with van der Waals surface area (Å²) in [7, 11) is 0. The van der Waals surface area contributed by atoms with Crippen molar-refractivity contribution in [2.45, 2.75) is 49.5 Å². The second-order valence-corrected chi connectivity index (χ2v) is 10.00. The molecule has 1 saturated heterocycles. The number of piperidine rings is 1. The van der Waals surface area contributed by atoms with Crippen LogP contribution >= 0.6 is 11.8 Å². The molecule has 0 aliphatic carbocycles. The summed E-state index contributed by atoms with van der Waals surface area (Å²) in [5.41, 5.74) is 2.84. The standard InChI is InChI=1S/C25H28N2O2S/c1-25(2,3)29-24(28)27-15-9-13-20(17-27)30-23-21(18-10-5-4-6-11-18)16-19-12-7-8-14-22(19)26-23/h4-8,10-12,14,16,20H,9,13,15,17H2,1-3H3. The Bertz CT molecular complexity index is 1030. The van der Waals surface area contributed by atoms with Crippen molar-refractivity contribution in [2.24, 2.45) is 0 Å². The number of carbonyl (C=O) groups is 1. The zero-order valence-electron chi connectivity index (χ0n) is 17.8. The van der Waals surface area contributed by atoms with Crippen molar-refractivity contribution in [3.8, 4) is 11.1 Å². The van der Waals surface area contributed by atoms with Crippen molar-refractivity contribution in [1.82, 2.24) is 9.88 Å². The molecular weight excluding hydrogens is 392 g/mol. The molecule has 4 rings (SSSR count). The lowest BCUT2D eigenvalue weighted by Gasteiger charge is -2.34. The van der Waals surface area contributed by atoms with Crippen molar-refractivity contribution in [1.29, 1.82) is 0 Å². The van der Waals surface area contributed by atoms with Gasteiger partial charge in [0, 0.05) is 29.3 Å². The number of hydrogen-bond donors (Lipinski definition) is 0. The monoisotopic (exact) mass is 420 g/mol. The van der Waals surface area contributed by atoms with Crippen LogP contribution in [0.1, 0.15) is 33.6 Å². The number of pyridine rings is 1. The van der Waals surface area contributed by atoms with Gasteiger partial charge in [-0.15, -0.1) is 11.8 Å². The van der Waals surface area contributed by atoms with Crippen molar-refractivity contribution >= 4 is 28.8 Å². The van der Waals surface area contributed by atoms with Crippen LogP contribution in [-0.2, 0) is 4.74 Å². The number of aromatic nitrogens is 1. The van der Waals surface area contributed by atoms with E-state index in [2.05, 4.69) is 42.5 Å². The molecule has 3 aromatic rings. The number of benzene rings is 2. The van der Waals surface area contributed by atoms with Gasteiger partial charge in [-0.05, 0) is 51.3 Å². The van der Waals surface area contributed by atoms with Gasteiger partial charge in [-0.1, -0.05) is 48.5 Å². The average Bonchev–Trinajstić information content (AvgIpc) is 2.73. The molecule has 1 aliphatic heterocycles. The molecule has 1 amide bonds. The van der Waals surface area contributed by atoms with Gasteiger partial charge in [0.25, 0.3) is 0 Å². The smallest absolute Gasteiger partial charge is 0.410 e. The van der Waals surface area contributed by atoms with Crippen LogP contribution < -0.4 is 0 Å². The van der Waals surface area contributed by atoms with Crippen molar-refractivity contribution in [3.63, 3.8) is 0 Å². The van der Waals surface area contributed by atoms with Gasteiger partial charge in [0.15, 0.2) is 0 Å². The number of thioether (sulfide) groups is 1. The molecular formula is C25H28N2O2S. The number of fused-ring (bicyclic) bond motifs is 1. The molecule has 2 heterocycles. The van der Waals surface area contributed by atoms with E-state index in [1.807, 2.05) is 43.9 Å². The SMILES string of the molecule is CC(C)(C)OC(=O)N1CCCC(Sc2nc3ccccc3cc2-c2ccccc2)C1. The minimum Gasteiger partial charge on any atom is -0.444 e. The van der Waals surface area contributed by atoms with Crippen LogP contribution in [0.25, 0.3) is 22.0 Å². The molecule has 0 bridgehead atoms. The third-order valence-corrected chi connectivity index (χ3v) is 6.33. The molecule has 5 heteroatoms. The molecule has 1 aromatic heterocycles. The Hall–Kier alpha value is -2.53. The molecule has 4 nitrogen and oxygen atoms in total. The van der Waals surface area contributed by atoms with Crippen LogP contribution in [0.15, 0.2) is 65.7 Å². The number of para-hydroxylation sites is 1. The summed E-state index contributed by atoms with van der Waals surface area (Å²) in [6, 6.07) is 20.9. The van der Waals surface area contributed by atoms with Gasteiger partial charge in [0.1, 0.15) is 10.6 Å². The summed E-state index contributed by atoms with van der Waals surface area (Å²) >= 11 is 1.78. The Labute approximate surface area is 182 Å². The third-order valence-electron chi connectivity index (χ3n) is 5.08. The van der Waals surface area contributed by atoms with Gasteiger partial charge in [0.05, 0.1) is 5.52 Å². The van der Waals surface area contributed by atoms with E-state index in [-0.39, 0.29) is 6.09 Å². The van der Waals surface area contributed by atoms with E-state index in [4.69, 9.17) is 9.72 Å². The van der Waals surface area contributed by atoms with E-state index in [0.29, 0.717) is 11.8 Å². The fourth-order valence-electron chi connectivity index (χ4n) is 3.70. The highest BCUT2D eigenvalue weighted by atomic mass is 32.2. The maximum atomic E-state index is 12.6. The zero-order chi connectivity index (χ0) is 21.1. The van der Waals surface area contributed by atoms with E-state index >= 15 is 0 Å². The van der Waals surface area contributed by atoms with Crippen LogP contribution in [-0.4, -0.2) is 39.9 Å². The van der Waals surface area contributed by atoms with Gasteiger partial charge in [-0.3, -0.25) is 0 Å². The first-order valence-electron chi connectivity index (χ1n) is 10.5. The van der Waals surface area contributed by atoms with E-state index in [9.17, 15) is 4.79 Å². The van der Waals surface area contributed by atoms with Crippen molar-refractivity contribution in [2.75, 3.05) is 13.1 Å². The molecule has 156 valence electrons. The number of amides is 1. The van der Waals surface area contributed by atoms with Crippen molar-refractivity contribution < 1.29 is 9.53 Å². The lowest BCUT2D eigenvalue weighted by molar-refractivity contribution is 0.0220. The van der Waals surface area contributed by atoms with Gasteiger partial charge in [-0.25, -0.2) is 9.78 Å². The Balaban J connectivity index is 1.60. The van der Waals surface area contributed by atoms with Gasteiger partial charge >= 0.3 is 6.09 Å². The highest BCUT2D eigenvalue weighted by molar-refractivity contribution is 8.00. The lowest BCUT2D eigenvalue weighted by Crippen LogP contribution is -2.43. The lowest BCUT2D eigenvalue weighted by atomic mass is 10.1. The minimum atomic E-state index is -0.475. The quantitative estimate of drug-likeness (QED) is 0.492. The molecule has 0 N–H and O–H groups in total. The third kappa shape index (κ3) is 4.96. The molecule has 0 saturated carbocycles. The summed E-state index contributed by atoms with van der Waals surface area (Å²) in [4.78, 5) is 19.4. The normalized spacial score (nSPS) is 17.2. The Morgan fingerprint density at radius 2 is 1.83 bits per heavy atom. The highest BCUT2D eigenvalue weighted by Crippen LogP contribution is 2.37. The summed E-state index contributed by atoms with van der Waals surface area (Å²) < 4.78 is 5.59. The largest absolute Gasteiger partial charge is 0.444 e. The number of hydrogen-bond acceptors (Lipinski definition) is 4. The maximum Gasteiger partial charge on any atom is 0.410 e. The predicted molar refractivity (Wildman–Crippen MR) is 124 cm³/mol. The van der Waals surface area contributed by atoms with E-state index in [1.165, 1.54) is 0 Å². The molecule has 1 unspecified atom stereocenters. The van der Waals surface area contributed by atoms with Gasteiger partial charge in [-0.2, -0.15) is 0 Å². The van der Waals surface area contributed by atoms with E-state index in [1.54, 1.807) is 11.8 Å².